The molecule has 4 nitrogen and oxygen atoms in total. The van der Waals surface area contributed by atoms with Gasteiger partial charge in [0.05, 0.1) is 18.3 Å². The van der Waals surface area contributed by atoms with E-state index in [1.165, 1.54) is 0 Å². The molecule has 7 unspecified atom stereocenters. The summed E-state index contributed by atoms with van der Waals surface area (Å²) in [5.41, 5.74) is 1.37. The van der Waals surface area contributed by atoms with Crippen LogP contribution in [0.1, 0.15) is 32.6 Å². The van der Waals surface area contributed by atoms with E-state index in [1.807, 2.05) is 0 Å². The number of aliphatic hydroxyl groups is 3. The highest BCUT2D eigenvalue weighted by atomic mass is 16.3. The van der Waals surface area contributed by atoms with Gasteiger partial charge in [0.1, 0.15) is 0 Å². The van der Waals surface area contributed by atoms with Gasteiger partial charge in [-0.1, -0.05) is 19.1 Å². The third-order valence-corrected chi connectivity index (χ3v) is 10.1. The first-order valence-corrected chi connectivity index (χ1v) is 9.83. The lowest BCUT2D eigenvalue weighted by molar-refractivity contribution is -0.213. The van der Waals surface area contributed by atoms with Crippen LogP contribution >= 0.6 is 0 Å². The van der Waals surface area contributed by atoms with Crippen molar-refractivity contribution in [3.05, 3.63) is 12.2 Å². The number of fused-ring (bicyclic) bond motifs is 1. The van der Waals surface area contributed by atoms with Crippen molar-refractivity contribution in [1.82, 2.24) is 4.90 Å². The molecule has 13 atom stereocenters. The van der Waals surface area contributed by atoms with E-state index in [-0.39, 0.29) is 40.1 Å². The van der Waals surface area contributed by atoms with Crippen LogP contribution in [0.4, 0.5) is 0 Å². The molecule has 4 heteroatoms. The molecule has 9 fully saturated rings. The van der Waals surface area contributed by atoms with E-state index in [0.29, 0.717) is 18.0 Å². The van der Waals surface area contributed by atoms with Crippen LogP contribution in [0, 0.1) is 39.9 Å². The Morgan fingerprint density at radius 1 is 1.08 bits per heavy atom. The lowest BCUT2D eigenvalue weighted by Gasteiger charge is -2.65. The van der Waals surface area contributed by atoms with Crippen LogP contribution < -0.4 is 0 Å². The van der Waals surface area contributed by atoms with Crippen LogP contribution in [-0.2, 0) is 0 Å². The van der Waals surface area contributed by atoms with Gasteiger partial charge in [0, 0.05) is 30.5 Å². The van der Waals surface area contributed by atoms with Crippen molar-refractivity contribution in [2.75, 3.05) is 6.54 Å². The fourth-order valence-corrected chi connectivity index (χ4v) is 10.7. The van der Waals surface area contributed by atoms with E-state index >= 15 is 0 Å². The quantitative estimate of drug-likeness (QED) is 0.574. The van der Waals surface area contributed by atoms with Gasteiger partial charge in [-0.05, 0) is 53.8 Å². The van der Waals surface area contributed by atoms with Crippen molar-refractivity contribution in [3.63, 3.8) is 0 Å². The van der Waals surface area contributed by atoms with Gasteiger partial charge >= 0.3 is 0 Å². The van der Waals surface area contributed by atoms with Crippen LogP contribution in [-0.4, -0.2) is 57.2 Å². The number of hydrogen-bond acceptors (Lipinski definition) is 4. The Bertz CT molecular complexity index is 709. The topological polar surface area (TPSA) is 63.9 Å². The van der Waals surface area contributed by atoms with Crippen LogP contribution in [0.25, 0.3) is 0 Å². The predicted molar refractivity (Wildman–Crippen MR) is 86.8 cm³/mol. The summed E-state index contributed by atoms with van der Waals surface area (Å²) < 4.78 is 0. The highest BCUT2D eigenvalue weighted by molar-refractivity contribution is 5.43. The zero-order chi connectivity index (χ0) is 16.4. The molecule has 3 N–H and O–H groups in total. The number of piperidine rings is 2. The van der Waals surface area contributed by atoms with Crippen molar-refractivity contribution >= 4 is 0 Å². The van der Waals surface area contributed by atoms with Crippen molar-refractivity contribution in [1.29, 1.82) is 0 Å². The molecular weight excluding hydrogens is 302 g/mol. The molecule has 0 aromatic rings. The fraction of sp³-hybridized carbons (Fsp3) is 0.900. The van der Waals surface area contributed by atoms with E-state index < -0.39 is 12.2 Å². The minimum absolute atomic E-state index is 0.0358. The first-order valence-electron chi connectivity index (χ1n) is 9.83. The maximum atomic E-state index is 11.3. The summed E-state index contributed by atoms with van der Waals surface area (Å²) in [6, 6.07) is 0.999. The molecule has 6 saturated carbocycles. The molecular formula is C20H27NO3. The Morgan fingerprint density at radius 3 is 2.67 bits per heavy atom. The second kappa shape index (κ2) is 3.40. The summed E-state index contributed by atoms with van der Waals surface area (Å²) >= 11 is 0. The van der Waals surface area contributed by atoms with Crippen molar-refractivity contribution in [2.24, 2.45) is 39.9 Å². The van der Waals surface area contributed by atoms with Crippen molar-refractivity contribution in [3.8, 4) is 0 Å². The van der Waals surface area contributed by atoms with Crippen molar-refractivity contribution in [2.45, 2.75) is 63.0 Å². The van der Waals surface area contributed by atoms with E-state index in [4.69, 9.17) is 0 Å². The van der Waals surface area contributed by atoms with E-state index in [2.05, 4.69) is 18.4 Å². The predicted octanol–water partition coefficient (Wildman–Crippen LogP) is 0.764. The SMILES string of the molecule is C=C1C[C@]23CC4C5C67C[C@@H](O)C[C@@]5(C)CN4[C@@H]6C2C(O)[C@H]1[C@@H](O)C73. The Balaban J connectivity index is 1.54. The fourth-order valence-electron chi connectivity index (χ4n) is 10.7. The van der Waals surface area contributed by atoms with Gasteiger partial charge in [0.25, 0.3) is 0 Å². The molecule has 0 aromatic carbocycles. The second-order valence-electron chi connectivity index (χ2n) is 10.8. The summed E-state index contributed by atoms with van der Waals surface area (Å²) in [7, 11) is 0. The third kappa shape index (κ3) is 0.980. The molecule has 2 spiro atoms. The van der Waals surface area contributed by atoms with Crippen LogP contribution in [0.15, 0.2) is 12.2 Å². The van der Waals surface area contributed by atoms with Gasteiger partial charge in [-0.15, -0.1) is 0 Å². The molecule has 130 valence electrons. The zero-order valence-electron chi connectivity index (χ0n) is 14.2. The summed E-state index contributed by atoms with van der Waals surface area (Å²) in [6.45, 7) is 7.72. The van der Waals surface area contributed by atoms with Crippen LogP contribution in [0.3, 0.4) is 0 Å². The summed E-state index contributed by atoms with van der Waals surface area (Å²) in [5, 5.41) is 33.3. The summed E-state index contributed by atoms with van der Waals surface area (Å²) in [5.74, 6) is 1.02. The molecule has 0 radical (unpaired) electrons. The third-order valence-electron chi connectivity index (χ3n) is 10.1. The lowest BCUT2D eigenvalue weighted by atomic mass is 9.39. The van der Waals surface area contributed by atoms with E-state index in [9.17, 15) is 15.3 Å². The summed E-state index contributed by atoms with van der Waals surface area (Å²) in [4.78, 5) is 2.73. The number of hydrogen-bond donors (Lipinski definition) is 3. The van der Waals surface area contributed by atoms with Gasteiger partial charge in [-0.25, -0.2) is 0 Å². The monoisotopic (exact) mass is 329 g/mol. The summed E-state index contributed by atoms with van der Waals surface area (Å²) in [6.07, 6.45) is 2.76. The van der Waals surface area contributed by atoms with Gasteiger partial charge in [0.2, 0.25) is 0 Å². The maximum Gasteiger partial charge on any atom is 0.0679 e. The molecule has 24 heavy (non-hydrogen) atoms. The number of rotatable bonds is 0. The van der Waals surface area contributed by atoms with Crippen LogP contribution in [0.2, 0.25) is 0 Å². The molecule has 3 saturated heterocycles. The molecule has 9 aliphatic rings. The largest absolute Gasteiger partial charge is 0.393 e. The minimum atomic E-state index is -0.460. The molecule has 3 heterocycles. The van der Waals surface area contributed by atoms with E-state index in [1.54, 1.807) is 0 Å². The molecule has 0 aromatic heterocycles. The molecule has 6 aliphatic carbocycles. The molecule has 9 bridgehead atoms. The number of aliphatic hydroxyl groups excluding tert-OH is 3. The van der Waals surface area contributed by atoms with Crippen LogP contribution in [0.5, 0.6) is 0 Å². The molecule has 9 rings (SSSR count). The molecule has 0 amide bonds. The Hall–Kier alpha value is -0.420. The van der Waals surface area contributed by atoms with Gasteiger partial charge < -0.3 is 15.3 Å². The maximum absolute atomic E-state index is 11.3. The van der Waals surface area contributed by atoms with Gasteiger partial charge in [-0.3, -0.25) is 4.90 Å². The zero-order valence-corrected chi connectivity index (χ0v) is 14.2. The van der Waals surface area contributed by atoms with Gasteiger partial charge in [0.15, 0.2) is 0 Å². The van der Waals surface area contributed by atoms with Gasteiger partial charge in [-0.2, -0.15) is 0 Å². The molecule has 3 aliphatic heterocycles. The first kappa shape index (κ1) is 13.7. The smallest absolute Gasteiger partial charge is 0.0679 e. The average Bonchev–Trinajstić information content (AvgIpc) is 2.88. The highest BCUT2D eigenvalue weighted by Gasteiger charge is 2.90. The standard InChI is InChI=1S/C20H27NO3/c1-8-3-19-6-10-15-18(2)4-9(22)5-20(15)16(19)14(24)11(8)13(23)12(19)17(20)21(10)7-18/h9-17,22-24H,1,3-7H2,2H3/t9-,10?,11-,12?,13?,14+,15?,16?,17+,18-,19-,20?/m0/s1. The first-order chi connectivity index (χ1) is 11.4. The Labute approximate surface area is 142 Å². The highest BCUT2D eigenvalue weighted by Crippen LogP contribution is 2.86. The minimum Gasteiger partial charge on any atom is -0.393 e. The second-order valence-corrected chi connectivity index (χ2v) is 10.8. The lowest BCUT2D eigenvalue weighted by Crippen LogP contribution is -2.67. The average molecular weight is 329 g/mol. The Morgan fingerprint density at radius 2 is 1.88 bits per heavy atom. The van der Waals surface area contributed by atoms with Crippen molar-refractivity contribution < 1.29 is 15.3 Å². The number of nitrogens with zero attached hydrogens (tertiary/aromatic N) is 1. The van der Waals surface area contributed by atoms with E-state index in [0.717, 1.165) is 37.8 Å². The normalized spacial score (nSPS) is 76.1. The Kier molecular flexibility index (Phi) is 1.95.